The van der Waals surface area contributed by atoms with Crippen LogP contribution in [0.1, 0.15) is 53.7 Å². The molecular weight excluding hydrogens is 375 g/mol. The van der Waals surface area contributed by atoms with Gasteiger partial charge in [-0.05, 0) is 56.0 Å². The number of rotatable bonds is 5. The third-order valence-corrected chi connectivity index (χ3v) is 5.09. The van der Waals surface area contributed by atoms with E-state index in [2.05, 4.69) is 15.3 Å². The summed E-state index contributed by atoms with van der Waals surface area (Å²) in [5.41, 5.74) is 0.924. The van der Waals surface area contributed by atoms with E-state index in [1.807, 2.05) is 6.92 Å². The molecular formula is C21H21FN4O3. The van der Waals surface area contributed by atoms with E-state index in [4.69, 9.17) is 0 Å². The molecule has 0 atom stereocenters. The number of pyridine rings is 1. The first-order chi connectivity index (χ1) is 13.9. The zero-order valence-electron chi connectivity index (χ0n) is 16.2. The van der Waals surface area contributed by atoms with Crippen LogP contribution in [0.3, 0.4) is 0 Å². The average Bonchev–Trinajstić information content (AvgIpc) is 3.51. The van der Waals surface area contributed by atoms with Gasteiger partial charge in [-0.1, -0.05) is 6.92 Å². The van der Waals surface area contributed by atoms with Crippen molar-refractivity contribution in [3.8, 4) is 0 Å². The van der Waals surface area contributed by atoms with Gasteiger partial charge in [0.05, 0.1) is 10.9 Å². The van der Waals surface area contributed by atoms with Gasteiger partial charge in [0, 0.05) is 23.8 Å². The fourth-order valence-corrected chi connectivity index (χ4v) is 3.45. The van der Waals surface area contributed by atoms with E-state index >= 15 is 0 Å². The number of nitrogens with zero attached hydrogens (tertiary/aromatic N) is 2. The van der Waals surface area contributed by atoms with Crippen molar-refractivity contribution in [1.29, 1.82) is 0 Å². The molecule has 0 radical (unpaired) electrons. The minimum Gasteiger partial charge on any atom is -0.322 e. The number of H-pyrrole nitrogens is 1. The van der Waals surface area contributed by atoms with Crippen LogP contribution in [0.4, 0.5) is 10.1 Å². The summed E-state index contributed by atoms with van der Waals surface area (Å²) in [7, 11) is 0. The maximum absolute atomic E-state index is 13.4. The maximum Gasteiger partial charge on any atom is 0.329 e. The van der Waals surface area contributed by atoms with Crippen LogP contribution < -0.4 is 16.6 Å². The van der Waals surface area contributed by atoms with Gasteiger partial charge >= 0.3 is 5.69 Å². The highest BCUT2D eigenvalue weighted by Crippen LogP contribution is 2.40. The summed E-state index contributed by atoms with van der Waals surface area (Å²) in [5, 5.41) is 2.84. The molecule has 1 saturated carbocycles. The molecule has 0 spiro atoms. The fraction of sp³-hybridized carbons (Fsp3) is 0.333. The molecule has 1 aliphatic carbocycles. The number of hydrogen-bond acceptors (Lipinski definition) is 4. The number of halogens is 1. The van der Waals surface area contributed by atoms with Crippen LogP contribution in [0.15, 0.2) is 33.9 Å². The fourth-order valence-electron chi connectivity index (χ4n) is 3.45. The second kappa shape index (κ2) is 7.27. The summed E-state index contributed by atoms with van der Waals surface area (Å²) in [4.78, 5) is 44.9. The summed E-state index contributed by atoms with van der Waals surface area (Å²) in [6.07, 6.45) is 2.59. The third kappa shape index (κ3) is 3.57. The molecule has 1 aromatic carbocycles. The van der Waals surface area contributed by atoms with E-state index in [0.717, 1.165) is 12.8 Å². The average molecular weight is 396 g/mol. The van der Waals surface area contributed by atoms with Crippen LogP contribution in [0.5, 0.6) is 0 Å². The molecule has 29 heavy (non-hydrogen) atoms. The highest BCUT2D eigenvalue weighted by atomic mass is 19.1. The van der Waals surface area contributed by atoms with E-state index in [9.17, 15) is 18.8 Å². The van der Waals surface area contributed by atoms with Gasteiger partial charge in [0.2, 0.25) is 0 Å². The lowest BCUT2D eigenvalue weighted by Gasteiger charge is -2.14. The Kier molecular flexibility index (Phi) is 4.77. The number of amides is 1. The van der Waals surface area contributed by atoms with E-state index in [-0.39, 0.29) is 22.5 Å². The molecule has 8 heteroatoms. The first-order valence-corrected chi connectivity index (χ1v) is 9.64. The Hall–Kier alpha value is -3.29. The molecule has 2 N–H and O–H groups in total. The molecule has 1 fully saturated rings. The van der Waals surface area contributed by atoms with Crippen molar-refractivity contribution in [3.05, 3.63) is 67.7 Å². The van der Waals surface area contributed by atoms with Crippen molar-refractivity contribution >= 4 is 22.6 Å². The number of benzene rings is 1. The zero-order chi connectivity index (χ0) is 20.7. The Labute approximate surface area is 165 Å². The van der Waals surface area contributed by atoms with E-state index < -0.39 is 23.0 Å². The Balaban J connectivity index is 1.90. The number of aryl methyl sites for hydroxylation is 2. The van der Waals surface area contributed by atoms with E-state index in [0.29, 0.717) is 29.9 Å². The molecule has 7 nitrogen and oxygen atoms in total. The van der Waals surface area contributed by atoms with Crippen LogP contribution in [-0.2, 0) is 6.54 Å². The van der Waals surface area contributed by atoms with E-state index in [1.54, 1.807) is 13.0 Å². The van der Waals surface area contributed by atoms with Gasteiger partial charge in [-0.2, -0.15) is 0 Å². The number of nitrogens with one attached hydrogen (secondary N) is 2. The lowest BCUT2D eigenvalue weighted by Crippen LogP contribution is -2.32. The number of hydrogen-bond donors (Lipinski definition) is 2. The van der Waals surface area contributed by atoms with Crippen LogP contribution >= 0.6 is 0 Å². The van der Waals surface area contributed by atoms with Crippen molar-refractivity contribution in [2.75, 3.05) is 5.32 Å². The van der Waals surface area contributed by atoms with Gasteiger partial charge < -0.3 is 5.32 Å². The van der Waals surface area contributed by atoms with Crippen molar-refractivity contribution < 1.29 is 9.18 Å². The van der Waals surface area contributed by atoms with Crippen molar-refractivity contribution in [3.63, 3.8) is 0 Å². The summed E-state index contributed by atoms with van der Waals surface area (Å²) >= 11 is 0. The normalized spacial score (nSPS) is 13.6. The quantitative estimate of drug-likeness (QED) is 0.693. The van der Waals surface area contributed by atoms with Crippen LogP contribution in [0.25, 0.3) is 11.0 Å². The summed E-state index contributed by atoms with van der Waals surface area (Å²) < 4.78 is 14.8. The van der Waals surface area contributed by atoms with Gasteiger partial charge in [0.25, 0.3) is 11.5 Å². The number of carbonyl (C=O) groups excluding carboxylic acids is 1. The Morgan fingerprint density at radius 3 is 2.72 bits per heavy atom. The third-order valence-electron chi connectivity index (χ3n) is 5.09. The number of aromatic nitrogens is 3. The predicted octanol–water partition coefficient (Wildman–Crippen LogP) is 3.07. The number of carbonyl (C=O) groups is 1. The number of aromatic amines is 1. The molecule has 1 amide bonds. The molecule has 0 saturated heterocycles. The van der Waals surface area contributed by atoms with Gasteiger partial charge in [-0.25, -0.2) is 14.2 Å². The number of anilines is 1. The first kappa shape index (κ1) is 19.0. The van der Waals surface area contributed by atoms with Crippen LogP contribution in [0, 0.1) is 12.7 Å². The molecule has 2 aromatic heterocycles. The lowest BCUT2D eigenvalue weighted by atomic mass is 10.1. The highest BCUT2D eigenvalue weighted by molar-refractivity contribution is 6.12. The van der Waals surface area contributed by atoms with Crippen molar-refractivity contribution in [2.45, 2.75) is 45.6 Å². The van der Waals surface area contributed by atoms with Gasteiger partial charge in [-0.3, -0.25) is 19.1 Å². The van der Waals surface area contributed by atoms with Gasteiger partial charge in [0.15, 0.2) is 5.65 Å². The monoisotopic (exact) mass is 396 g/mol. The Morgan fingerprint density at radius 2 is 2.07 bits per heavy atom. The van der Waals surface area contributed by atoms with Gasteiger partial charge in [0.1, 0.15) is 5.82 Å². The summed E-state index contributed by atoms with van der Waals surface area (Å²) in [6, 6.07) is 5.69. The predicted molar refractivity (Wildman–Crippen MR) is 108 cm³/mol. The largest absolute Gasteiger partial charge is 0.329 e. The first-order valence-electron chi connectivity index (χ1n) is 9.64. The van der Waals surface area contributed by atoms with Crippen LogP contribution in [-0.4, -0.2) is 20.4 Å². The van der Waals surface area contributed by atoms with Gasteiger partial charge in [-0.15, -0.1) is 0 Å². The molecule has 4 rings (SSSR count). The molecule has 3 aromatic rings. The molecule has 2 heterocycles. The summed E-state index contributed by atoms with van der Waals surface area (Å²) in [5.74, 6) is -0.671. The standard InChI is InChI=1S/C21H21FN4O3/c1-3-8-26-18-17(20(28)25-21(26)29)14(10-16(23-18)12-4-5-12)19(27)24-15-7-6-13(22)9-11(15)2/h6-7,9-10,12H,3-5,8H2,1-2H3,(H,24,27)(H,25,28,29). The second-order valence-corrected chi connectivity index (χ2v) is 7.39. The SMILES string of the molecule is CCCn1c(=O)[nH]c(=O)c2c(C(=O)Nc3ccc(F)cc3C)cc(C3CC3)nc21. The highest BCUT2D eigenvalue weighted by Gasteiger charge is 2.28. The minimum atomic E-state index is -0.645. The van der Waals surface area contributed by atoms with Crippen LogP contribution in [0.2, 0.25) is 0 Å². The lowest BCUT2D eigenvalue weighted by molar-refractivity contribution is 0.102. The van der Waals surface area contributed by atoms with Crippen molar-refractivity contribution in [1.82, 2.24) is 14.5 Å². The Bertz CT molecular complexity index is 1240. The van der Waals surface area contributed by atoms with Crippen molar-refractivity contribution in [2.24, 2.45) is 0 Å². The van der Waals surface area contributed by atoms with E-state index in [1.165, 1.54) is 22.8 Å². The second-order valence-electron chi connectivity index (χ2n) is 7.39. The molecule has 1 aliphatic rings. The smallest absolute Gasteiger partial charge is 0.322 e. The number of fused-ring (bicyclic) bond motifs is 1. The zero-order valence-corrected chi connectivity index (χ0v) is 16.2. The summed E-state index contributed by atoms with van der Waals surface area (Å²) in [6.45, 7) is 3.98. The topological polar surface area (TPSA) is 96.9 Å². The molecule has 150 valence electrons. The molecule has 0 bridgehead atoms. The maximum atomic E-state index is 13.4. The Morgan fingerprint density at radius 1 is 1.31 bits per heavy atom. The molecule has 0 unspecified atom stereocenters. The minimum absolute atomic E-state index is 0.0831. The molecule has 0 aliphatic heterocycles.